The zero-order chi connectivity index (χ0) is 19.9. The van der Waals surface area contributed by atoms with Gasteiger partial charge in [-0.05, 0) is 64.8 Å². The first-order valence-electron chi connectivity index (χ1n) is 9.12. The lowest BCUT2D eigenvalue weighted by Gasteiger charge is -2.11. The number of carbonyl (C=O) groups is 1. The molecule has 3 aromatic rings. The molecule has 0 aliphatic rings. The van der Waals surface area contributed by atoms with Crippen LogP contribution in [-0.4, -0.2) is 12.5 Å². The van der Waals surface area contributed by atoms with E-state index in [0.29, 0.717) is 29.5 Å². The molecule has 0 spiro atoms. The molecule has 4 nitrogen and oxygen atoms in total. The van der Waals surface area contributed by atoms with Crippen LogP contribution in [0.4, 0.5) is 5.69 Å². The average Bonchev–Trinajstić information content (AvgIpc) is 3.14. The number of amides is 1. The predicted octanol–water partition coefficient (Wildman–Crippen LogP) is 6.72. The second kappa shape index (κ2) is 9.80. The normalized spacial score (nSPS) is 10.7. The van der Waals surface area contributed by atoms with Crippen LogP contribution in [0.2, 0.25) is 5.02 Å². The smallest absolute Gasteiger partial charge is 0.291 e. The number of unbranched alkanes of at least 4 members (excludes halogenated alkanes) is 1. The summed E-state index contributed by atoms with van der Waals surface area (Å²) < 4.78 is 12.4. The Morgan fingerprint density at radius 1 is 1.18 bits per heavy atom. The molecule has 0 saturated carbocycles. The zero-order valence-corrected chi connectivity index (χ0v) is 17.8. The van der Waals surface area contributed by atoms with E-state index in [0.717, 1.165) is 28.6 Å². The number of para-hydroxylation sites is 1. The molecule has 1 heterocycles. The lowest BCUT2D eigenvalue weighted by molar-refractivity contribution is 0.0995. The lowest BCUT2D eigenvalue weighted by Crippen LogP contribution is -2.11. The number of rotatable bonds is 8. The van der Waals surface area contributed by atoms with Crippen molar-refractivity contribution < 1.29 is 13.9 Å². The Balaban J connectivity index is 1.71. The van der Waals surface area contributed by atoms with E-state index in [9.17, 15) is 4.79 Å². The minimum Gasteiger partial charge on any atom is -0.493 e. The summed E-state index contributed by atoms with van der Waals surface area (Å²) in [5.74, 6) is 1.40. The summed E-state index contributed by atoms with van der Waals surface area (Å²) in [5, 5.41) is 3.47. The predicted molar refractivity (Wildman–Crippen MR) is 115 cm³/mol. The molecule has 0 aliphatic carbocycles. The third-order valence-corrected chi connectivity index (χ3v) is 5.08. The second-order valence-corrected chi connectivity index (χ2v) is 7.62. The molecule has 1 aromatic heterocycles. The summed E-state index contributed by atoms with van der Waals surface area (Å²) >= 11 is 9.57. The first-order chi connectivity index (χ1) is 13.6. The van der Waals surface area contributed by atoms with Crippen molar-refractivity contribution in [2.24, 2.45) is 0 Å². The van der Waals surface area contributed by atoms with E-state index in [4.69, 9.17) is 20.8 Å². The van der Waals surface area contributed by atoms with Gasteiger partial charge in [0.25, 0.3) is 5.91 Å². The van der Waals surface area contributed by atoms with Gasteiger partial charge in [0.2, 0.25) is 0 Å². The summed E-state index contributed by atoms with van der Waals surface area (Å²) in [6.45, 7) is 2.78. The fourth-order valence-electron chi connectivity index (χ4n) is 2.68. The first kappa shape index (κ1) is 20.5. The van der Waals surface area contributed by atoms with Crippen LogP contribution in [0, 0.1) is 0 Å². The van der Waals surface area contributed by atoms with E-state index in [1.165, 1.54) is 0 Å². The van der Waals surface area contributed by atoms with Crippen LogP contribution in [-0.2, 0) is 6.42 Å². The number of halogens is 2. The fourth-order valence-corrected chi connectivity index (χ4v) is 3.26. The molecule has 0 aliphatic heterocycles. The van der Waals surface area contributed by atoms with Crippen LogP contribution >= 0.6 is 27.5 Å². The van der Waals surface area contributed by atoms with E-state index in [1.807, 2.05) is 42.5 Å². The molecule has 1 amide bonds. The fraction of sp³-hybridized carbons (Fsp3) is 0.227. The number of nitrogens with one attached hydrogen (secondary N) is 1. The highest BCUT2D eigenvalue weighted by Crippen LogP contribution is 2.27. The monoisotopic (exact) mass is 461 g/mol. The number of ether oxygens (including phenoxy) is 1. The van der Waals surface area contributed by atoms with E-state index in [2.05, 4.69) is 28.2 Å². The minimum absolute atomic E-state index is 0.251. The molecular formula is C22H21BrClNO3. The maximum atomic E-state index is 12.5. The van der Waals surface area contributed by atoms with E-state index >= 15 is 0 Å². The van der Waals surface area contributed by atoms with Gasteiger partial charge in [-0.3, -0.25) is 4.79 Å². The Labute approximate surface area is 178 Å². The van der Waals surface area contributed by atoms with Crippen molar-refractivity contribution in [2.75, 3.05) is 11.9 Å². The number of carbonyl (C=O) groups excluding carboxylic acids is 1. The van der Waals surface area contributed by atoms with Crippen molar-refractivity contribution in [3.8, 4) is 5.75 Å². The zero-order valence-electron chi connectivity index (χ0n) is 15.5. The molecule has 0 unspecified atom stereocenters. The van der Waals surface area contributed by atoms with Crippen LogP contribution in [0.3, 0.4) is 0 Å². The molecule has 0 radical (unpaired) electrons. The Bertz CT molecular complexity index is 954. The van der Waals surface area contributed by atoms with Gasteiger partial charge in [0.15, 0.2) is 5.76 Å². The van der Waals surface area contributed by atoms with Gasteiger partial charge in [0, 0.05) is 21.5 Å². The third-order valence-electron chi connectivity index (χ3n) is 4.15. The quantitative estimate of drug-likeness (QED) is 0.378. The lowest BCUT2D eigenvalue weighted by atomic mass is 10.1. The number of benzene rings is 2. The van der Waals surface area contributed by atoms with Crippen molar-refractivity contribution in [3.63, 3.8) is 0 Å². The number of anilines is 1. The average molecular weight is 463 g/mol. The van der Waals surface area contributed by atoms with Crippen molar-refractivity contribution >= 4 is 39.1 Å². The van der Waals surface area contributed by atoms with Crippen LogP contribution in [0.25, 0.3) is 0 Å². The summed E-state index contributed by atoms with van der Waals surface area (Å²) in [6, 6.07) is 16.4. The Morgan fingerprint density at radius 3 is 2.79 bits per heavy atom. The van der Waals surface area contributed by atoms with Crippen molar-refractivity contribution in [3.05, 3.63) is 81.2 Å². The highest BCUT2D eigenvalue weighted by atomic mass is 79.9. The molecule has 28 heavy (non-hydrogen) atoms. The van der Waals surface area contributed by atoms with E-state index in [1.54, 1.807) is 12.1 Å². The topological polar surface area (TPSA) is 51.5 Å². The molecular weight excluding hydrogens is 442 g/mol. The van der Waals surface area contributed by atoms with Gasteiger partial charge < -0.3 is 14.5 Å². The van der Waals surface area contributed by atoms with Crippen molar-refractivity contribution in [1.29, 1.82) is 0 Å². The summed E-state index contributed by atoms with van der Waals surface area (Å²) in [6.07, 6.45) is 2.55. The van der Waals surface area contributed by atoms with Gasteiger partial charge in [-0.15, -0.1) is 0 Å². The maximum Gasteiger partial charge on any atom is 0.291 e. The first-order valence-corrected chi connectivity index (χ1v) is 10.3. The molecule has 0 atom stereocenters. The number of furan rings is 1. The largest absolute Gasteiger partial charge is 0.493 e. The summed E-state index contributed by atoms with van der Waals surface area (Å²) in [5.41, 5.74) is 1.61. The molecule has 0 bridgehead atoms. The second-order valence-electron chi connectivity index (χ2n) is 6.33. The minimum atomic E-state index is -0.302. The highest BCUT2D eigenvalue weighted by Gasteiger charge is 2.14. The molecule has 0 saturated heterocycles. The van der Waals surface area contributed by atoms with Gasteiger partial charge in [-0.2, -0.15) is 0 Å². The van der Waals surface area contributed by atoms with Gasteiger partial charge in [0.1, 0.15) is 11.5 Å². The number of hydrogen-bond acceptors (Lipinski definition) is 3. The maximum absolute atomic E-state index is 12.5. The molecule has 3 rings (SSSR count). The summed E-state index contributed by atoms with van der Waals surface area (Å²) in [4.78, 5) is 12.5. The van der Waals surface area contributed by atoms with Gasteiger partial charge in [0.05, 0.1) is 12.3 Å². The van der Waals surface area contributed by atoms with Gasteiger partial charge in [-0.1, -0.05) is 37.1 Å². The Kier molecular flexibility index (Phi) is 7.18. The molecule has 6 heteroatoms. The Morgan fingerprint density at radius 2 is 2.00 bits per heavy atom. The SMILES string of the molecule is CCCCOc1ccc(Cl)cc1Cc1ccc(C(=O)Nc2ccccc2Br)o1. The summed E-state index contributed by atoms with van der Waals surface area (Å²) in [7, 11) is 0. The van der Waals surface area contributed by atoms with Crippen LogP contribution < -0.4 is 10.1 Å². The molecule has 1 N–H and O–H groups in total. The van der Waals surface area contributed by atoms with Gasteiger partial charge >= 0.3 is 0 Å². The van der Waals surface area contributed by atoms with Crippen LogP contribution in [0.5, 0.6) is 5.75 Å². The van der Waals surface area contributed by atoms with E-state index < -0.39 is 0 Å². The number of hydrogen-bond donors (Lipinski definition) is 1. The van der Waals surface area contributed by atoms with Gasteiger partial charge in [-0.25, -0.2) is 0 Å². The molecule has 146 valence electrons. The van der Waals surface area contributed by atoms with Crippen LogP contribution in [0.15, 0.2) is 63.5 Å². The molecule has 0 fully saturated rings. The molecule has 2 aromatic carbocycles. The standard InChI is InChI=1S/C22H21BrClNO3/c1-2-3-12-27-20-10-8-16(24)13-15(20)14-17-9-11-21(28-17)22(26)25-19-7-5-4-6-18(19)23/h4-11,13H,2-3,12,14H2,1H3,(H,25,26). The van der Waals surface area contributed by atoms with Crippen molar-refractivity contribution in [1.82, 2.24) is 0 Å². The van der Waals surface area contributed by atoms with E-state index in [-0.39, 0.29) is 11.7 Å². The van der Waals surface area contributed by atoms with Crippen LogP contribution in [0.1, 0.15) is 41.6 Å². The Hall–Kier alpha value is -2.24. The highest BCUT2D eigenvalue weighted by molar-refractivity contribution is 9.10. The van der Waals surface area contributed by atoms with Crippen molar-refractivity contribution in [2.45, 2.75) is 26.2 Å². The third kappa shape index (κ3) is 5.40.